The molecule has 3 N–H and O–H groups in total. The van der Waals surface area contributed by atoms with Crippen molar-refractivity contribution in [2.75, 3.05) is 23.8 Å². The molecule has 0 saturated carbocycles. The Morgan fingerprint density at radius 2 is 1.76 bits per heavy atom. The summed E-state index contributed by atoms with van der Waals surface area (Å²) in [6, 6.07) is 15.4. The average Bonchev–Trinajstić information content (AvgIpc) is 2.87. The fraction of sp³-hybridized carbons (Fsp3) is 0.154. The van der Waals surface area contributed by atoms with Gasteiger partial charge in [-0.15, -0.1) is 0 Å². The first-order valence-corrected chi connectivity index (χ1v) is 11.5. The Labute approximate surface area is 217 Å². The van der Waals surface area contributed by atoms with Crippen LogP contribution in [-0.2, 0) is 14.4 Å². The molecule has 0 aliphatic rings. The first-order valence-electron chi connectivity index (χ1n) is 11.1. The zero-order valence-corrected chi connectivity index (χ0v) is 20.8. The summed E-state index contributed by atoms with van der Waals surface area (Å²) in [4.78, 5) is 36.1. The number of halogens is 2. The van der Waals surface area contributed by atoms with Gasteiger partial charge in [-0.3, -0.25) is 14.4 Å². The number of para-hydroxylation sites is 1. The first kappa shape index (κ1) is 27.2. The van der Waals surface area contributed by atoms with Crippen LogP contribution in [-0.4, -0.2) is 37.1 Å². The van der Waals surface area contributed by atoms with Crippen molar-refractivity contribution >= 4 is 46.9 Å². The van der Waals surface area contributed by atoms with E-state index in [-0.39, 0.29) is 18.2 Å². The van der Waals surface area contributed by atoms with Crippen molar-refractivity contribution in [1.29, 1.82) is 0 Å². The zero-order valence-electron chi connectivity index (χ0n) is 20.0. The second-order valence-corrected chi connectivity index (χ2v) is 7.98. The van der Waals surface area contributed by atoms with Crippen LogP contribution in [0.3, 0.4) is 0 Å². The number of anilines is 2. The van der Waals surface area contributed by atoms with Crippen molar-refractivity contribution in [3.63, 3.8) is 0 Å². The number of hydrazone groups is 1. The molecular formula is C26H24ClFN4O5. The number of nitrogens with zero attached hydrogens (tertiary/aromatic N) is 1. The van der Waals surface area contributed by atoms with Gasteiger partial charge in [0, 0.05) is 10.7 Å². The average molecular weight is 527 g/mol. The van der Waals surface area contributed by atoms with E-state index in [1.54, 1.807) is 43.3 Å². The van der Waals surface area contributed by atoms with Gasteiger partial charge in [-0.1, -0.05) is 29.8 Å². The third-order valence-electron chi connectivity index (χ3n) is 4.79. The number of benzene rings is 3. The number of nitrogens with one attached hydrogen (secondary N) is 3. The first-order chi connectivity index (χ1) is 17.8. The van der Waals surface area contributed by atoms with Crippen LogP contribution in [0.2, 0.25) is 5.02 Å². The van der Waals surface area contributed by atoms with Gasteiger partial charge in [-0.25, -0.2) is 9.82 Å². The van der Waals surface area contributed by atoms with Gasteiger partial charge in [0.2, 0.25) is 0 Å². The van der Waals surface area contributed by atoms with Crippen molar-refractivity contribution in [2.45, 2.75) is 13.8 Å². The molecule has 0 unspecified atom stereocenters. The number of aryl methyl sites for hydroxylation is 1. The summed E-state index contributed by atoms with van der Waals surface area (Å²) in [7, 11) is 0. The van der Waals surface area contributed by atoms with Gasteiger partial charge in [-0.2, -0.15) is 5.10 Å². The van der Waals surface area contributed by atoms with Crippen LogP contribution >= 0.6 is 11.6 Å². The highest BCUT2D eigenvalue weighted by atomic mass is 35.5. The summed E-state index contributed by atoms with van der Waals surface area (Å²) in [6.07, 6.45) is 1.29. The number of carbonyl (C=O) groups excluding carboxylic acids is 3. The van der Waals surface area contributed by atoms with E-state index in [1.165, 1.54) is 24.4 Å². The zero-order chi connectivity index (χ0) is 26.8. The molecule has 0 aliphatic heterocycles. The molecule has 0 heterocycles. The lowest BCUT2D eigenvalue weighted by atomic mass is 10.2. The Morgan fingerprint density at radius 1 is 0.973 bits per heavy atom. The Bertz CT molecular complexity index is 1330. The minimum absolute atomic E-state index is 0.125. The van der Waals surface area contributed by atoms with Crippen molar-refractivity contribution in [3.05, 3.63) is 82.6 Å². The Balaban J connectivity index is 1.56. The van der Waals surface area contributed by atoms with Gasteiger partial charge < -0.3 is 20.1 Å². The molecule has 0 fully saturated rings. The predicted octanol–water partition coefficient (Wildman–Crippen LogP) is 4.29. The maximum Gasteiger partial charge on any atom is 0.329 e. The van der Waals surface area contributed by atoms with E-state index in [0.717, 1.165) is 11.6 Å². The third-order valence-corrected chi connectivity index (χ3v) is 5.20. The quantitative estimate of drug-likeness (QED) is 0.218. The Hall–Kier alpha value is -4.44. The van der Waals surface area contributed by atoms with Gasteiger partial charge in [0.25, 0.3) is 5.91 Å². The molecule has 0 saturated heterocycles. The molecule has 0 aromatic heterocycles. The van der Waals surface area contributed by atoms with Crippen LogP contribution in [0.15, 0.2) is 65.8 Å². The van der Waals surface area contributed by atoms with E-state index < -0.39 is 17.6 Å². The van der Waals surface area contributed by atoms with Gasteiger partial charge in [-0.05, 0) is 67.4 Å². The highest BCUT2D eigenvalue weighted by Gasteiger charge is 2.15. The highest BCUT2D eigenvalue weighted by molar-refractivity contribution is 6.39. The maximum absolute atomic E-state index is 13.6. The van der Waals surface area contributed by atoms with E-state index in [4.69, 9.17) is 21.1 Å². The molecule has 3 rings (SSSR count). The lowest BCUT2D eigenvalue weighted by molar-refractivity contribution is -0.136. The standard InChI is InChI=1S/C26H24ClFN4O5/c1-3-36-23-12-17(14-29-32-26(35)25(34)31-21-7-5-4-6-20(21)28)9-11-22(23)37-15-24(33)30-18-10-8-16(2)19(27)13-18/h4-14H,3,15H2,1-2H3,(H,30,33)(H,31,34)(H,32,35)/b29-14-. The number of ether oxygens (including phenoxy) is 2. The monoisotopic (exact) mass is 526 g/mol. The van der Waals surface area contributed by atoms with E-state index in [1.807, 2.05) is 6.92 Å². The number of hydrogen-bond acceptors (Lipinski definition) is 6. The van der Waals surface area contributed by atoms with Crippen molar-refractivity contribution in [3.8, 4) is 11.5 Å². The number of amides is 3. The van der Waals surface area contributed by atoms with Crippen LogP contribution < -0.4 is 25.5 Å². The van der Waals surface area contributed by atoms with Crippen LogP contribution in [0.25, 0.3) is 0 Å². The smallest absolute Gasteiger partial charge is 0.329 e. The fourth-order valence-corrected chi connectivity index (χ4v) is 3.14. The third kappa shape index (κ3) is 8.04. The SMILES string of the molecule is CCOc1cc(/C=N\NC(=O)C(=O)Nc2ccccc2F)ccc1OCC(=O)Nc1ccc(C)c(Cl)c1. The van der Waals surface area contributed by atoms with E-state index in [9.17, 15) is 18.8 Å². The molecule has 192 valence electrons. The molecule has 0 bridgehead atoms. The summed E-state index contributed by atoms with van der Waals surface area (Å²) in [5, 5.41) is 9.14. The summed E-state index contributed by atoms with van der Waals surface area (Å²) in [5.41, 5.74) is 3.90. The van der Waals surface area contributed by atoms with Gasteiger partial charge in [0.05, 0.1) is 18.5 Å². The molecule has 11 heteroatoms. The molecular weight excluding hydrogens is 503 g/mol. The Kier molecular flexibility index (Phi) is 9.56. The number of hydrogen-bond donors (Lipinski definition) is 3. The summed E-state index contributed by atoms with van der Waals surface area (Å²) >= 11 is 6.08. The second-order valence-electron chi connectivity index (χ2n) is 7.57. The molecule has 0 spiro atoms. The molecule has 9 nitrogen and oxygen atoms in total. The lowest BCUT2D eigenvalue weighted by Gasteiger charge is -2.13. The van der Waals surface area contributed by atoms with E-state index in [0.29, 0.717) is 34.4 Å². The molecule has 3 amide bonds. The molecule has 0 aliphatic carbocycles. The summed E-state index contributed by atoms with van der Waals surface area (Å²) in [6.45, 7) is 3.70. The van der Waals surface area contributed by atoms with Crippen molar-refractivity contribution in [2.24, 2.45) is 5.10 Å². The van der Waals surface area contributed by atoms with E-state index >= 15 is 0 Å². The summed E-state index contributed by atoms with van der Waals surface area (Å²) in [5.74, 6) is -2.54. The lowest BCUT2D eigenvalue weighted by Crippen LogP contribution is -2.32. The van der Waals surface area contributed by atoms with Crippen LogP contribution in [0, 0.1) is 12.7 Å². The number of rotatable bonds is 9. The molecule has 3 aromatic rings. The summed E-state index contributed by atoms with van der Waals surface area (Å²) < 4.78 is 24.8. The topological polar surface area (TPSA) is 118 Å². The van der Waals surface area contributed by atoms with Crippen LogP contribution in [0.5, 0.6) is 11.5 Å². The normalized spacial score (nSPS) is 10.6. The highest BCUT2D eigenvalue weighted by Crippen LogP contribution is 2.28. The second kappa shape index (κ2) is 13.0. The van der Waals surface area contributed by atoms with E-state index in [2.05, 4.69) is 21.2 Å². The van der Waals surface area contributed by atoms with Crippen molar-refractivity contribution < 1.29 is 28.2 Å². The maximum atomic E-state index is 13.6. The minimum Gasteiger partial charge on any atom is -0.490 e. The van der Waals surface area contributed by atoms with Crippen LogP contribution in [0.1, 0.15) is 18.1 Å². The predicted molar refractivity (Wildman–Crippen MR) is 139 cm³/mol. The van der Waals surface area contributed by atoms with Gasteiger partial charge in [0.15, 0.2) is 18.1 Å². The minimum atomic E-state index is -1.08. The number of carbonyl (C=O) groups is 3. The van der Waals surface area contributed by atoms with Gasteiger partial charge in [0.1, 0.15) is 5.82 Å². The molecule has 37 heavy (non-hydrogen) atoms. The van der Waals surface area contributed by atoms with Gasteiger partial charge >= 0.3 is 11.8 Å². The van der Waals surface area contributed by atoms with Crippen molar-refractivity contribution in [1.82, 2.24) is 5.43 Å². The Morgan fingerprint density at radius 3 is 2.49 bits per heavy atom. The fourth-order valence-electron chi connectivity index (χ4n) is 2.96. The molecule has 3 aromatic carbocycles. The molecule has 0 radical (unpaired) electrons. The largest absolute Gasteiger partial charge is 0.490 e. The molecule has 0 atom stereocenters. The van der Waals surface area contributed by atoms with Crippen LogP contribution in [0.4, 0.5) is 15.8 Å².